The molecule has 0 unspecified atom stereocenters. The van der Waals surface area contributed by atoms with Crippen LogP contribution in [0.25, 0.3) is 169 Å². The topological polar surface area (TPSA) is 224 Å². The smallest absolute Gasteiger partial charge is 0.399 e. The molecule has 24 rings (SSSR count). The van der Waals surface area contributed by atoms with E-state index in [-0.39, 0.29) is 50.7 Å². The van der Waals surface area contributed by atoms with E-state index in [9.17, 15) is 0 Å². The van der Waals surface area contributed by atoms with Crippen LogP contribution in [0.1, 0.15) is 55.4 Å². The lowest BCUT2D eigenvalue weighted by Crippen LogP contribution is -2.41. The van der Waals surface area contributed by atoms with Gasteiger partial charge in [0.25, 0.3) is 0 Å². The molecule has 0 spiro atoms. The molecular formula is C115H91B2Cl4N17O4. The Morgan fingerprint density at radius 3 is 0.697 bits per heavy atom. The molecule has 0 bridgehead atoms. The second-order valence-electron chi connectivity index (χ2n) is 35.8. The monoisotopic (exact) mass is 1940 g/mol. The number of rotatable bonds is 15. The summed E-state index contributed by atoms with van der Waals surface area (Å²) < 4.78 is 33.7. The first-order valence-electron chi connectivity index (χ1n) is 46.3. The van der Waals surface area contributed by atoms with E-state index in [0.717, 1.165) is 151 Å². The van der Waals surface area contributed by atoms with Gasteiger partial charge in [-0.25, -0.2) is 29.9 Å². The lowest BCUT2D eigenvalue weighted by atomic mass is 9.79. The van der Waals surface area contributed by atoms with Gasteiger partial charge in [-0.05, 0) is 210 Å². The Kier molecular flexibility index (Phi) is 26.9. The van der Waals surface area contributed by atoms with E-state index in [0.29, 0.717) is 29.1 Å². The predicted octanol–water partition coefficient (Wildman–Crippen LogP) is 26.6. The summed E-state index contributed by atoms with van der Waals surface area (Å²) in [4.78, 5) is 58.0. The molecule has 22 aromatic rings. The Morgan fingerprint density at radius 2 is 0.394 bits per heavy atom. The summed E-state index contributed by atoms with van der Waals surface area (Å²) in [5.74, 6) is 6.22. The fourth-order valence-corrected chi connectivity index (χ4v) is 17.4. The van der Waals surface area contributed by atoms with Gasteiger partial charge in [0.15, 0.2) is 29.1 Å². The molecule has 2 saturated heterocycles. The Bertz CT molecular complexity index is 7910. The van der Waals surface area contributed by atoms with Crippen LogP contribution in [0, 0.1) is 0 Å². The number of para-hydroxylation sites is 10. The van der Waals surface area contributed by atoms with Gasteiger partial charge >= 0.3 is 14.2 Å². The summed E-state index contributed by atoms with van der Waals surface area (Å²) >= 11 is 23.8. The van der Waals surface area contributed by atoms with E-state index in [1.165, 1.54) is 0 Å². The first-order chi connectivity index (χ1) is 69.0. The van der Waals surface area contributed by atoms with E-state index in [4.69, 9.17) is 85.0 Å². The second kappa shape index (κ2) is 40.6. The van der Waals surface area contributed by atoms with Gasteiger partial charge in [-0.1, -0.05) is 309 Å². The van der Waals surface area contributed by atoms with Crippen LogP contribution >= 0.6 is 46.4 Å². The largest absolute Gasteiger partial charge is 0.494 e. The maximum Gasteiger partial charge on any atom is 0.494 e. The molecule has 2 aliphatic heterocycles. The third-order valence-corrected chi connectivity index (χ3v) is 26.0. The summed E-state index contributed by atoms with van der Waals surface area (Å²) in [5.41, 5.74) is 21.4. The molecule has 15 aromatic carbocycles. The Hall–Kier alpha value is -15.7. The molecule has 9 heterocycles. The quantitative estimate of drug-likeness (QED) is 0.0870. The van der Waals surface area contributed by atoms with E-state index in [1.54, 1.807) is 0 Å². The highest BCUT2D eigenvalue weighted by Gasteiger charge is 2.53. The van der Waals surface area contributed by atoms with Crippen LogP contribution in [0.4, 0.5) is 0 Å². The van der Waals surface area contributed by atoms with Crippen molar-refractivity contribution in [3.8, 4) is 125 Å². The summed E-state index contributed by atoms with van der Waals surface area (Å²) in [5, 5.41) is 0.533. The minimum absolute atomic E-state index is 0.101. The molecule has 0 saturated carbocycles. The maximum absolute atomic E-state index is 6.25. The fraction of sp³-hybridized carbons (Fsp3) is 0.104. The summed E-state index contributed by atoms with van der Waals surface area (Å²) in [6, 6.07) is 136. The molecule has 0 radical (unpaired) electrons. The van der Waals surface area contributed by atoms with Crippen LogP contribution in [-0.2, 0) is 18.6 Å². The van der Waals surface area contributed by atoms with Gasteiger partial charge < -0.3 is 18.6 Å². The number of hydrogen-bond donors (Lipinski definition) is 0. The molecule has 21 nitrogen and oxygen atoms in total. The number of fused-ring (bicyclic) bond motifs is 4. The predicted molar refractivity (Wildman–Crippen MR) is 571 cm³/mol. The van der Waals surface area contributed by atoms with Crippen molar-refractivity contribution in [3.05, 3.63) is 428 Å². The molecule has 2 aliphatic rings. The van der Waals surface area contributed by atoms with Crippen LogP contribution in [0.2, 0.25) is 21.1 Å². The number of aromatic nitrogens is 17. The van der Waals surface area contributed by atoms with Gasteiger partial charge in [0.05, 0.1) is 66.5 Å². The van der Waals surface area contributed by atoms with Gasteiger partial charge in [-0.3, -0.25) is 18.3 Å². The lowest BCUT2D eigenvalue weighted by Gasteiger charge is -2.32. The zero-order chi connectivity index (χ0) is 97.6. The second-order valence-corrected chi connectivity index (χ2v) is 37.1. The van der Waals surface area contributed by atoms with Crippen LogP contribution in [0.15, 0.2) is 406 Å². The molecular weight excluding hydrogens is 1850 g/mol. The Labute approximate surface area is 842 Å². The fourth-order valence-electron chi connectivity index (χ4n) is 16.8. The number of imidazole rings is 4. The van der Waals surface area contributed by atoms with Gasteiger partial charge in [-0.2, -0.15) is 34.9 Å². The van der Waals surface area contributed by atoms with Crippen molar-refractivity contribution in [2.75, 3.05) is 0 Å². The number of benzene rings is 15. The van der Waals surface area contributed by atoms with Crippen molar-refractivity contribution in [1.29, 1.82) is 0 Å². The average Bonchev–Trinajstić information content (AvgIpc) is 1.59. The summed E-state index contributed by atoms with van der Waals surface area (Å²) in [6.45, 7) is 16.6. The zero-order valence-electron chi connectivity index (χ0n) is 78.6. The maximum atomic E-state index is 6.25. The van der Waals surface area contributed by atoms with Crippen molar-refractivity contribution < 1.29 is 18.6 Å². The Balaban J connectivity index is 0.000000111. The molecule has 27 heteroatoms. The van der Waals surface area contributed by atoms with E-state index in [2.05, 4.69) is 276 Å². The first kappa shape index (κ1) is 94.0. The highest BCUT2D eigenvalue weighted by atomic mass is 35.5. The lowest BCUT2D eigenvalue weighted by molar-refractivity contribution is 0.00578. The van der Waals surface area contributed by atoms with Crippen LogP contribution < -0.4 is 10.9 Å². The normalized spacial score (nSPS) is 13.7. The van der Waals surface area contributed by atoms with Crippen LogP contribution in [-0.4, -0.2) is 120 Å². The molecule has 0 N–H and O–H groups in total. The van der Waals surface area contributed by atoms with Crippen molar-refractivity contribution in [1.82, 2.24) is 83.1 Å². The van der Waals surface area contributed by atoms with Gasteiger partial charge in [0, 0.05) is 72.8 Å². The third kappa shape index (κ3) is 20.2. The van der Waals surface area contributed by atoms with Crippen LogP contribution in [0.3, 0.4) is 0 Å². The number of halogens is 4. The summed E-state index contributed by atoms with van der Waals surface area (Å²) in [7, 11) is -0.765. The molecule has 7 aromatic heterocycles. The SMILES string of the molecule is CC1(C)OB(c2ccc(-c3nc4ccccc4n3-c3ccccc3)cc2)OC1(C)C.CC1(C)OB(c2ccc3c(c2)nc(-c2ccccc2)n3-c2ccccc2)OC1(C)C.Clc1nc(-c2ccccc2)nc(-c2ccc(-c3nc4ccccc4n3-c3ccccc3)cc2)n1.Clc1nc(-c2ccccc2)nc(-c2ccc(-c3nc4ccccc4n3-c3ccccc3)cc2)n1.Clc1nc(Cl)nc(-c2ccccc2)n1. The molecule has 0 aliphatic carbocycles. The standard InChI is InChI=1S/2C28H18ClN5.2C25H25BN2O2.C9H5Cl2N3/c2*29-28-32-25(19-9-3-1-4-10-19)31-26(33-28)20-15-17-21(18-16-20)27-30-23-13-7-8-14-24(23)34(27)22-11-5-2-6-12-22;1-24(2)25(3,4)30-26(29-24)19-15-16-22-21(17-19)27-23(18-11-7-5-8-12-18)28(22)20-13-9-6-10-14-20;1-24(2)25(3,4)30-26(29-24)19-16-14-18(15-17-19)23-27-21-12-8-9-13-22(21)28(23)20-10-6-5-7-11-20;10-8-12-7(13-9(11)14-8)6-4-2-1-3-5-6/h2*1-18H;2*5-17H,1-4H3;1-5H. The molecule has 142 heavy (non-hydrogen) atoms. The Morgan fingerprint density at radius 1 is 0.190 bits per heavy atom. The average molecular weight is 1940 g/mol. The summed E-state index contributed by atoms with van der Waals surface area (Å²) in [6.07, 6.45) is 0. The van der Waals surface area contributed by atoms with E-state index < -0.39 is 7.12 Å². The van der Waals surface area contributed by atoms with Gasteiger partial charge in [-0.15, -0.1) is 0 Å². The minimum atomic E-state index is -0.401. The highest BCUT2D eigenvalue weighted by Crippen LogP contribution is 2.41. The van der Waals surface area contributed by atoms with E-state index in [1.807, 2.05) is 249 Å². The molecule has 0 atom stereocenters. The van der Waals surface area contributed by atoms with Crippen molar-refractivity contribution in [2.24, 2.45) is 0 Å². The number of nitrogens with zero attached hydrogens (tertiary/aromatic N) is 17. The number of hydrogen-bond acceptors (Lipinski definition) is 17. The molecule has 2 fully saturated rings. The van der Waals surface area contributed by atoms with Gasteiger partial charge in [0.1, 0.15) is 23.3 Å². The highest BCUT2D eigenvalue weighted by molar-refractivity contribution is 6.62. The minimum Gasteiger partial charge on any atom is -0.399 e. The van der Waals surface area contributed by atoms with Crippen LogP contribution in [0.5, 0.6) is 0 Å². The first-order valence-corrected chi connectivity index (χ1v) is 47.8. The molecule has 694 valence electrons. The van der Waals surface area contributed by atoms with Gasteiger partial charge in [0.2, 0.25) is 21.1 Å². The van der Waals surface area contributed by atoms with Crippen molar-refractivity contribution in [2.45, 2.75) is 77.8 Å². The van der Waals surface area contributed by atoms with Crippen molar-refractivity contribution >= 4 is 116 Å². The van der Waals surface area contributed by atoms with E-state index >= 15 is 0 Å². The zero-order valence-corrected chi connectivity index (χ0v) is 81.6. The van der Waals surface area contributed by atoms with Crippen molar-refractivity contribution in [3.63, 3.8) is 0 Å². The third-order valence-electron chi connectivity index (χ3n) is 25.4. The molecule has 0 amide bonds.